The standard InChI is InChI=1S/C12H13F2NO2/c13-10-3-1-2-8(12(10)14)6-11(17)15-5-4-9(16)7-15/h1-3,9,16H,4-7H2/t9-/m1/s1. The molecule has 2 rings (SSSR count). The highest BCUT2D eigenvalue weighted by Crippen LogP contribution is 2.15. The smallest absolute Gasteiger partial charge is 0.227 e. The fourth-order valence-electron chi connectivity index (χ4n) is 1.93. The Morgan fingerprint density at radius 2 is 2.24 bits per heavy atom. The summed E-state index contributed by atoms with van der Waals surface area (Å²) in [6.45, 7) is 0.743. The van der Waals surface area contributed by atoms with Crippen LogP contribution in [-0.4, -0.2) is 35.1 Å². The quantitative estimate of drug-likeness (QED) is 0.842. The van der Waals surface area contributed by atoms with Gasteiger partial charge in [-0.25, -0.2) is 8.78 Å². The zero-order chi connectivity index (χ0) is 12.4. The number of hydrogen-bond donors (Lipinski definition) is 1. The fourth-order valence-corrected chi connectivity index (χ4v) is 1.93. The van der Waals surface area contributed by atoms with Crippen LogP contribution in [0.5, 0.6) is 0 Å². The van der Waals surface area contributed by atoms with Crippen LogP contribution >= 0.6 is 0 Å². The summed E-state index contributed by atoms with van der Waals surface area (Å²) in [5.74, 6) is -2.21. The number of carbonyl (C=O) groups is 1. The van der Waals surface area contributed by atoms with Crippen molar-refractivity contribution in [3.8, 4) is 0 Å². The second-order valence-corrected chi connectivity index (χ2v) is 4.17. The molecule has 1 fully saturated rings. The third-order valence-corrected chi connectivity index (χ3v) is 2.89. The largest absolute Gasteiger partial charge is 0.391 e. The minimum absolute atomic E-state index is 0.0522. The van der Waals surface area contributed by atoms with Crippen molar-refractivity contribution >= 4 is 5.91 Å². The van der Waals surface area contributed by atoms with Crippen LogP contribution < -0.4 is 0 Å². The van der Waals surface area contributed by atoms with Crippen LogP contribution in [0, 0.1) is 11.6 Å². The number of nitrogens with zero attached hydrogens (tertiary/aromatic N) is 1. The van der Waals surface area contributed by atoms with Crippen molar-refractivity contribution in [2.24, 2.45) is 0 Å². The Morgan fingerprint density at radius 3 is 2.88 bits per heavy atom. The van der Waals surface area contributed by atoms with Gasteiger partial charge >= 0.3 is 0 Å². The Labute approximate surface area is 97.7 Å². The van der Waals surface area contributed by atoms with Crippen LogP contribution in [-0.2, 0) is 11.2 Å². The van der Waals surface area contributed by atoms with Crippen LogP contribution in [0.3, 0.4) is 0 Å². The lowest BCUT2D eigenvalue weighted by Crippen LogP contribution is -2.31. The number of rotatable bonds is 2. The van der Waals surface area contributed by atoms with Crippen molar-refractivity contribution in [2.75, 3.05) is 13.1 Å². The van der Waals surface area contributed by atoms with Gasteiger partial charge in [0.15, 0.2) is 11.6 Å². The van der Waals surface area contributed by atoms with E-state index in [1.165, 1.54) is 17.0 Å². The lowest BCUT2D eigenvalue weighted by Gasteiger charge is -2.15. The first kappa shape index (κ1) is 12.0. The number of benzene rings is 1. The molecular formula is C12H13F2NO2. The highest BCUT2D eigenvalue weighted by atomic mass is 19.2. The minimum Gasteiger partial charge on any atom is -0.391 e. The molecular weight excluding hydrogens is 228 g/mol. The SMILES string of the molecule is O=C(Cc1cccc(F)c1F)N1CC[C@@H](O)C1. The molecule has 1 aliphatic rings. The zero-order valence-corrected chi connectivity index (χ0v) is 9.20. The van der Waals surface area contributed by atoms with Crippen LogP contribution in [0.4, 0.5) is 8.78 Å². The summed E-state index contributed by atoms with van der Waals surface area (Å²) in [6.07, 6.45) is -0.135. The number of aliphatic hydroxyl groups excluding tert-OH is 1. The van der Waals surface area contributed by atoms with Crippen LogP contribution in [0.25, 0.3) is 0 Å². The molecule has 1 aromatic carbocycles. The van der Waals surface area contributed by atoms with Gasteiger partial charge < -0.3 is 10.0 Å². The number of hydrogen-bond acceptors (Lipinski definition) is 2. The molecule has 5 heteroatoms. The maximum atomic E-state index is 13.3. The van der Waals surface area contributed by atoms with Crippen molar-refractivity contribution in [1.82, 2.24) is 4.90 Å². The van der Waals surface area contributed by atoms with E-state index in [0.717, 1.165) is 6.07 Å². The van der Waals surface area contributed by atoms with Gasteiger partial charge in [-0.1, -0.05) is 12.1 Å². The Hall–Kier alpha value is -1.49. The first-order valence-corrected chi connectivity index (χ1v) is 5.46. The summed E-state index contributed by atoms with van der Waals surface area (Å²) in [6, 6.07) is 3.78. The van der Waals surface area contributed by atoms with E-state index in [2.05, 4.69) is 0 Å². The minimum atomic E-state index is -0.972. The summed E-state index contributed by atoms with van der Waals surface area (Å²) in [7, 11) is 0. The van der Waals surface area contributed by atoms with Crippen molar-refractivity contribution in [3.63, 3.8) is 0 Å². The molecule has 92 valence electrons. The predicted octanol–water partition coefficient (Wildman–Crippen LogP) is 1.10. The number of carbonyl (C=O) groups excluding carboxylic acids is 1. The van der Waals surface area contributed by atoms with Crippen LogP contribution in [0.1, 0.15) is 12.0 Å². The van der Waals surface area contributed by atoms with Crippen LogP contribution in [0.15, 0.2) is 18.2 Å². The third-order valence-electron chi connectivity index (χ3n) is 2.89. The lowest BCUT2D eigenvalue weighted by atomic mass is 10.1. The van der Waals surface area contributed by atoms with Gasteiger partial charge in [-0.05, 0) is 12.5 Å². The Morgan fingerprint density at radius 1 is 1.47 bits per heavy atom. The molecule has 1 heterocycles. The highest BCUT2D eigenvalue weighted by Gasteiger charge is 2.25. The van der Waals surface area contributed by atoms with E-state index in [9.17, 15) is 18.7 Å². The van der Waals surface area contributed by atoms with Crippen molar-refractivity contribution in [1.29, 1.82) is 0 Å². The second-order valence-electron chi connectivity index (χ2n) is 4.17. The molecule has 0 aliphatic carbocycles. The van der Waals surface area contributed by atoms with Gasteiger partial charge in [-0.15, -0.1) is 0 Å². The van der Waals surface area contributed by atoms with Gasteiger partial charge in [0, 0.05) is 18.7 Å². The monoisotopic (exact) mass is 241 g/mol. The molecule has 0 unspecified atom stereocenters. The molecule has 0 saturated carbocycles. The molecule has 1 saturated heterocycles. The summed E-state index contributed by atoms with van der Waals surface area (Å²) in [5.41, 5.74) is 0.0522. The van der Waals surface area contributed by atoms with E-state index < -0.39 is 17.7 Å². The molecule has 17 heavy (non-hydrogen) atoms. The number of β-amino-alcohol motifs (C(OH)–C–C–N with tert-alkyl or cyclic N) is 1. The zero-order valence-electron chi connectivity index (χ0n) is 9.20. The van der Waals surface area contributed by atoms with Gasteiger partial charge in [0.1, 0.15) is 0 Å². The molecule has 0 radical (unpaired) electrons. The molecule has 1 N–H and O–H groups in total. The summed E-state index contributed by atoms with van der Waals surface area (Å²) in [4.78, 5) is 13.2. The highest BCUT2D eigenvalue weighted by molar-refractivity contribution is 5.79. The Kier molecular flexibility index (Phi) is 3.38. The average Bonchev–Trinajstić information content (AvgIpc) is 2.72. The molecule has 0 aromatic heterocycles. The fraction of sp³-hybridized carbons (Fsp3) is 0.417. The van der Waals surface area contributed by atoms with E-state index in [1.54, 1.807) is 0 Å². The van der Waals surface area contributed by atoms with Crippen molar-refractivity contribution in [2.45, 2.75) is 18.9 Å². The van der Waals surface area contributed by atoms with E-state index in [-0.39, 0.29) is 24.4 Å². The van der Waals surface area contributed by atoms with E-state index in [0.29, 0.717) is 13.0 Å². The lowest BCUT2D eigenvalue weighted by molar-refractivity contribution is -0.129. The molecule has 1 aliphatic heterocycles. The first-order chi connectivity index (χ1) is 8.08. The van der Waals surface area contributed by atoms with Crippen molar-refractivity contribution < 1.29 is 18.7 Å². The van der Waals surface area contributed by atoms with E-state index in [1.807, 2.05) is 0 Å². The van der Waals surface area contributed by atoms with Gasteiger partial charge in [0.2, 0.25) is 5.91 Å². The number of aliphatic hydroxyl groups is 1. The van der Waals surface area contributed by atoms with E-state index >= 15 is 0 Å². The summed E-state index contributed by atoms with van der Waals surface area (Å²) >= 11 is 0. The van der Waals surface area contributed by atoms with Gasteiger partial charge in [0.25, 0.3) is 0 Å². The molecule has 1 aromatic rings. The Bertz CT molecular complexity index is 437. The van der Waals surface area contributed by atoms with Gasteiger partial charge in [-0.2, -0.15) is 0 Å². The summed E-state index contributed by atoms with van der Waals surface area (Å²) < 4.78 is 26.3. The van der Waals surface area contributed by atoms with Crippen molar-refractivity contribution in [3.05, 3.63) is 35.4 Å². The van der Waals surface area contributed by atoms with Crippen LogP contribution in [0.2, 0.25) is 0 Å². The maximum Gasteiger partial charge on any atom is 0.227 e. The average molecular weight is 241 g/mol. The molecule has 3 nitrogen and oxygen atoms in total. The third kappa shape index (κ3) is 2.61. The predicted molar refractivity (Wildman–Crippen MR) is 57.3 cm³/mol. The van der Waals surface area contributed by atoms with E-state index in [4.69, 9.17) is 0 Å². The molecule has 1 atom stereocenters. The number of likely N-dealkylation sites (tertiary alicyclic amines) is 1. The first-order valence-electron chi connectivity index (χ1n) is 5.46. The summed E-state index contributed by atoms with van der Waals surface area (Å²) in [5, 5.41) is 9.29. The van der Waals surface area contributed by atoms with Gasteiger partial charge in [-0.3, -0.25) is 4.79 Å². The molecule has 1 amide bonds. The number of halogens is 2. The second kappa shape index (κ2) is 4.79. The topological polar surface area (TPSA) is 40.5 Å². The Balaban J connectivity index is 2.06. The van der Waals surface area contributed by atoms with Gasteiger partial charge in [0.05, 0.1) is 12.5 Å². The maximum absolute atomic E-state index is 13.3. The molecule has 0 bridgehead atoms. The molecule has 0 spiro atoms. The normalized spacial score (nSPS) is 19.7. The number of amides is 1.